The number of aryl methyl sites for hydroxylation is 2. The second-order valence-electron chi connectivity index (χ2n) is 8.06. The molecule has 0 bridgehead atoms. The van der Waals surface area contributed by atoms with Gasteiger partial charge in [-0.1, -0.05) is 35.9 Å². The van der Waals surface area contributed by atoms with Crippen molar-refractivity contribution in [3.05, 3.63) is 93.9 Å². The minimum Gasteiger partial charge on any atom is -0.349 e. The van der Waals surface area contributed by atoms with Crippen molar-refractivity contribution in [1.29, 1.82) is 0 Å². The predicted molar refractivity (Wildman–Crippen MR) is 127 cm³/mol. The number of benzene rings is 3. The van der Waals surface area contributed by atoms with Crippen LogP contribution in [0.1, 0.15) is 40.1 Å². The molecule has 1 aromatic heterocycles. The van der Waals surface area contributed by atoms with Gasteiger partial charge in [-0.25, -0.2) is 12.8 Å². The van der Waals surface area contributed by atoms with E-state index in [0.29, 0.717) is 21.5 Å². The van der Waals surface area contributed by atoms with Crippen LogP contribution in [0.25, 0.3) is 10.9 Å². The summed E-state index contributed by atoms with van der Waals surface area (Å²) in [5.41, 5.74) is 2.18. The van der Waals surface area contributed by atoms with Crippen molar-refractivity contribution in [2.24, 2.45) is 0 Å². The number of nitrogens with one attached hydrogen (secondary N) is 2. The molecule has 1 amide bonds. The number of fused-ring (bicyclic) bond motifs is 1. The molecule has 0 aliphatic rings. The van der Waals surface area contributed by atoms with E-state index in [0.717, 1.165) is 11.1 Å². The number of sulfone groups is 1. The van der Waals surface area contributed by atoms with Crippen LogP contribution >= 0.6 is 11.6 Å². The van der Waals surface area contributed by atoms with E-state index in [1.54, 1.807) is 49.4 Å². The molecule has 3 aromatic carbocycles. The number of hydrogen-bond acceptors (Lipinski definition) is 3. The Hall–Kier alpha value is -3.16. The van der Waals surface area contributed by atoms with E-state index in [-0.39, 0.29) is 15.5 Å². The Labute approximate surface area is 196 Å². The number of carbonyl (C=O) groups is 1. The molecule has 0 saturated carbocycles. The molecule has 4 aromatic rings. The summed E-state index contributed by atoms with van der Waals surface area (Å²) < 4.78 is 41.7. The van der Waals surface area contributed by atoms with Crippen LogP contribution in [-0.2, 0) is 9.84 Å². The van der Waals surface area contributed by atoms with Gasteiger partial charge in [0.05, 0.1) is 10.9 Å². The van der Waals surface area contributed by atoms with Crippen molar-refractivity contribution in [2.75, 3.05) is 0 Å². The van der Waals surface area contributed by atoms with E-state index < -0.39 is 27.6 Å². The molecule has 0 spiro atoms. The molecule has 33 heavy (non-hydrogen) atoms. The van der Waals surface area contributed by atoms with Gasteiger partial charge in [0, 0.05) is 21.5 Å². The average Bonchev–Trinajstić information content (AvgIpc) is 3.13. The quantitative estimate of drug-likeness (QED) is 0.370. The van der Waals surface area contributed by atoms with Gasteiger partial charge in [-0.05, 0) is 68.3 Å². The number of aromatic amines is 1. The maximum atomic E-state index is 14.2. The maximum absolute atomic E-state index is 14.2. The highest BCUT2D eigenvalue weighted by molar-refractivity contribution is 7.91. The van der Waals surface area contributed by atoms with Crippen molar-refractivity contribution in [2.45, 2.75) is 36.6 Å². The molecule has 170 valence electrons. The van der Waals surface area contributed by atoms with Gasteiger partial charge in [-0.15, -0.1) is 0 Å². The highest BCUT2D eigenvalue weighted by Crippen LogP contribution is 2.34. The lowest BCUT2D eigenvalue weighted by Gasteiger charge is -2.15. The standard InChI is InChI=1S/C25H22ClFN2O3S/c1-14-10-15(2)12-18(11-14)33(31,32)24-20-13-17(26)8-9-22(20)29-23(24)25(30)28-16(3)19-6-4-5-7-21(19)27/h4-13,16,29H,1-3H3,(H,28,30)/t16-/m0/s1. The van der Waals surface area contributed by atoms with Crippen LogP contribution in [0.15, 0.2) is 70.5 Å². The Morgan fingerprint density at radius 3 is 2.36 bits per heavy atom. The van der Waals surface area contributed by atoms with E-state index in [2.05, 4.69) is 10.3 Å². The first-order chi connectivity index (χ1) is 15.6. The monoisotopic (exact) mass is 484 g/mol. The lowest BCUT2D eigenvalue weighted by atomic mass is 10.1. The summed E-state index contributed by atoms with van der Waals surface area (Å²) >= 11 is 6.16. The van der Waals surface area contributed by atoms with Gasteiger partial charge in [0.2, 0.25) is 9.84 Å². The second-order valence-corrected chi connectivity index (χ2v) is 10.4. The van der Waals surface area contributed by atoms with Crippen LogP contribution in [0, 0.1) is 19.7 Å². The van der Waals surface area contributed by atoms with Crippen LogP contribution in [0.3, 0.4) is 0 Å². The smallest absolute Gasteiger partial charge is 0.269 e. The van der Waals surface area contributed by atoms with Crippen LogP contribution in [0.2, 0.25) is 5.02 Å². The number of rotatable bonds is 5. The zero-order valence-corrected chi connectivity index (χ0v) is 19.8. The van der Waals surface area contributed by atoms with E-state index in [4.69, 9.17) is 11.6 Å². The van der Waals surface area contributed by atoms with Gasteiger partial charge in [-0.3, -0.25) is 4.79 Å². The number of aromatic nitrogens is 1. The first-order valence-electron chi connectivity index (χ1n) is 10.3. The molecule has 8 heteroatoms. The highest BCUT2D eigenvalue weighted by Gasteiger charge is 2.31. The fourth-order valence-corrected chi connectivity index (χ4v) is 5.92. The molecule has 0 fully saturated rings. The minimum absolute atomic E-state index is 0.0806. The van der Waals surface area contributed by atoms with Crippen LogP contribution in [-0.4, -0.2) is 19.3 Å². The molecule has 1 atom stereocenters. The number of H-pyrrole nitrogens is 1. The van der Waals surface area contributed by atoms with Crippen molar-refractivity contribution < 1.29 is 17.6 Å². The van der Waals surface area contributed by atoms with Crippen molar-refractivity contribution >= 4 is 38.2 Å². The number of halogens is 2. The lowest BCUT2D eigenvalue weighted by Crippen LogP contribution is -2.28. The SMILES string of the molecule is Cc1cc(C)cc(S(=O)(=O)c2c(C(=O)N[C@@H](C)c3ccccc3F)[nH]c3ccc(Cl)cc23)c1. The van der Waals surface area contributed by atoms with Gasteiger partial charge in [-0.2, -0.15) is 0 Å². The summed E-state index contributed by atoms with van der Waals surface area (Å²) in [6.07, 6.45) is 0. The Kier molecular flexibility index (Phi) is 6.03. The Morgan fingerprint density at radius 1 is 1.03 bits per heavy atom. The largest absolute Gasteiger partial charge is 0.349 e. The second kappa shape index (κ2) is 8.65. The van der Waals surface area contributed by atoms with E-state index in [9.17, 15) is 17.6 Å². The molecule has 5 nitrogen and oxygen atoms in total. The third-order valence-corrected chi connectivity index (χ3v) is 7.49. The fraction of sp³-hybridized carbons (Fsp3) is 0.160. The minimum atomic E-state index is -4.09. The first kappa shape index (κ1) is 23.0. The van der Waals surface area contributed by atoms with Gasteiger partial charge in [0.25, 0.3) is 5.91 Å². The maximum Gasteiger partial charge on any atom is 0.269 e. The summed E-state index contributed by atoms with van der Waals surface area (Å²) in [5, 5.41) is 3.36. The van der Waals surface area contributed by atoms with E-state index >= 15 is 0 Å². The zero-order chi connectivity index (χ0) is 23.9. The van der Waals surface area contributed by atoms with E-state index in [1.165, 1.54) is 12.1 Å². The van der Waals surface area contributed by atoms with Crippen LogP contribution in [0.4, 0.5) is 4.39 Å². The van der Waals surface area contributed by atoms with Crippen LogP contribution in [0.5, 0.6) is 0 Å². The molecule has 0 saturated heterocycles. The summed E-state index contributed by atoms with van der Waals surface area (Å²) in [6.45, 7) is 5.25. The molecule has 1 heterocycles. The Balaban J connectivity index is 1.87. The molecule has 0 aliphatic carbocycles. The van der Waals surface area contributed by atoms with Gasteiger partial charge < -0.3 is 10.3 Å². The topological polar surface area (TPSA) is 79.0 Å². The van der Waals surface area contributed by atoms with Gasteiger partial charge >= 0.3 is 0 Å². The Morgan fingerprint density at radius 2 is 1.70 bits per heavy atom. The molecular formula is C25H22ClFN2O3S. The molecule has 0 aliphatic heterocycles. The zero-order valence-electron chi connectivity index (χ0n) is 18.2. The van der Waals surface area contributed by atoms with Crippen molar-refractivity contribution in [3.8, 4) is 0 Å². The third kappa shape index (κ3) is 4.38. The van der Waals surface area contributed by atoms with Crippen molar-refractivity contribution in [1.82, 2.24) is 10.3 Å². The van der Waals surface area contributed by atoms with Crippen LogP contribution < -0.4 is 5.32 Å². The molecule has 4 rings (SSSR count). The predicted octanol–water partition coefficient (Wildman–Crippen LogP) is 5.90. The molecular weight excluding hydrogens is 463 g/mol. The van der Waals surface area contributed by atoms with E-state index in [1.807, 2.05) is 19.9 Å². The summed E-state index contributed by atoms with van der Waals surface area (Å²) in [5.74, 6) is -1.13. The van der Waals surface area contributed by atoms with Crippen molar-refractivity contribution in [3.63, 3.8) is 0 Å². The summed E-state index contributed by atoms with van der Waals surface area (Å²) in [6, 6.07) is 15.2. The summed E-state index contributed by atoms with van der Waals surface area (Å²) in [7, 11) is -4.09. The number of amides is 1. The number of carbonyl (C=O) groups excluding carboxylic acids is 1. The van der Waals surface area contributed by atoms with Gasteiger partial charge in [0.15, 0.2) is 0 Å². The lowest BCUT2D eigenvalue weighted by molar-refractivity contribution is 0.0932. The third-order valence-electron chi connectivity index (χ3n) is 5.43. The normalized spacial score (nSPS) is 12.6. The van der Waals surface area contributed by atoms with Gasteiger partial charge in [0.1, 0.15) is 16.4 Å². The first-order valence-corrected chi connectivity index (χ1v) is 12.1. The Bertz CT molecular complexity index is 1470. The fourth-order valence-electron chi connectivity index (χ4n) is 3.96. The summed E-state index contributed by atoms with van der Waals surface area (Å²) in [4.78, 5) is 16.1. The highest BCUT2D eigenvalue weighted by atomic mass is 35.5. The number of hydrogen-bond donors (Lipinski definition) is 2. The average molecular weight is 485 g/mol. The molecule has 0 radical (unpaired) electrons. The molecule has 0 unspecified atom stereocenters. The molecule has 2 N–H and O–H groups in total.